The fourth-order valence-corrected chi connectivity index (χ4v) is 4.38. The second-order valence-electron chi connectivity index (χ2n) is 7.72. The van der Waals surface area contributed by atoms with Gasteiger partial charge in [0.05, 0.1) is 10.1 Å². The van der Waals surface area contributed by atoms with Gasteiger partial charge in [0.25, 0.3) is 0 Å². The molecule has 0 saturated heterocycles. The average molecular weight is 431 g/mol. The zero-order valence-corrected chi connectivity index (χ0v) is 22.0. The molecule has 1 unspecified atom stereocenters. The van der Waals surface area contributed by atoms with Gasteiger partial charge in [-0.3, -0.25) is 0 Å². The molecule has 0 radical (unpaired) electrons. The van der Waals surface area contributed by atoms with Crippen molar-refractivity contribution in [2.45, 2.75) is 128 Å². The minimum atomic E-state index is -4.12. The van der Waals surface area contributed by atoms with E-state index in [1.54, 1.807) is 0 Å². The minimum absolute atomic E-state index is 0. The van der Waals surface area contributed by atoms with Gasteiger partial charge in [0.15, 0.2) is 0 Å². The van der Waals surface area contributed by atoms with Gasteiger partial charge in [-0.2, -0.15) is 0 Å². The summed E-state index contributed by atoms with van der Waals surface area (Å²) in [6.07, 6.45) is 19.7. The molecule has 0 saturated carbocycles. The van der Waals surface area contributed by atoms with E-state index >= 15 is 0 Å². The van der Waals surface area contributed by atoms with Crippen LogP contribution < -0.4 is 51.4 Å². The van der Waals surface area contributed by atoms with E-state index in [9.17, 15) is 13.0 Å². The summed E-state index contributed by atoms with van der Waals surface area (Å²) in [7, 11) is -4.12. The minimum Gasteiger partial charge on any atom is -0.748 e. The molecule has 0 fully saturated rings. The SMILES string of the molecule is CCCCC(CCCCCCCCCCCCCCCCO)S(=O)(=O)[O-].[K+]. The van der Waals surface area contributed by atoms with Crippen molar-refractivity contribution >= 4 is 10.1 Å². The Kier molecular flexibility index (Phi) is 25.2. The molecule has 0 rings (SSSR count). The van der Waals surface area contributed by atoms with Gasteiger partial charge in [-0.15, -0.1) is 0 Å². The molecule has 0 amide bonds. The summed E-state index contributed by atoms with van der Waals surface area (Å²) in [4.78, 5) is 0. The summed E-state index contributed by atoms with van der Waals surface area (Å²) >= 11 is 0. The molecule has 1 N–H and O–H groups in total. The monoisotopic (exact) mass is 430 g/mol. The maximum atomic E-state index is 11.3. The Morgan fingerprint density at radius 3 is 1.33 bits per heavy atom. The van der Waals surface area contributed by atoms with Crippen LogP contribution in [-0.4, -0.2) is 29.9 Å². The van der Waals surface area contributed by atoms with Crippen LogP contribution >= 0.6 is 0 Å². The van der Waals surface area contributed by atoms with Crippen molar-refractivity contribution in [1.29, 1.82) is 0 Å². The number of aliphatic hydroxyl groups is 1. The number of rotatable bonds is 20. The molecular formula is C21H43KO4S. The van der Waals surface area contributed by atoms with Crippen molar-refractivity contribution in [3.8, 4) is 0 Å². The molecule has 27 heavy (non-hydrogen) atoms. The first kappa shape index (κ1) is 30.7. The zero-order valence-electron chi connectivity index (χ0n) is 18.1. The molecular weight excluding hydrogens is 387 g/mol. The molecule has 0 aromatic heterocycles. The van der Waals surface area contributed by atoms with E-state index in [4.69, 9.17) is 5.11 Å². The van der Waals surface area contributed by atoms with Crippen LogP contribution in [0.2, 0.25) is 0 Å². The van der Waals surface area contributed by atoms with Crippen molar-refractivity contribution in [1.82, 2.24) is 0 Å². The molecule has 0 aromatic carbocycles. The van der Waals surface area contributed by atoms with E-state index in [1.165, 1.54) is 57.8 Å². The second kappa shape index (κ2) is 22.2. The van der Waals surface area contributed by atoms with Gasteiger partial charge in [-0.1, -0.05) is 103 Å². The largest absolute Gasteiger partial charge is 1.00 e. The third kappa shape index (κ3) is 22.0. The van der Waals surface area contributed by atoms with Crippen molar-refractivity contribution in [3.05, 3.63) is 0 Å². The summed E-state index contributed by atoms with van der Waals surface area (Å²) in [6.45, 7) is 2.35. The smallest absolute Gasteiger partial charge is 0.748 e. The van der Waals surface area contributed by atoms with Gasteiger partial charge in [-0.25, -0.2) is 8.42 Å². The van der Waals surface area contributed by atoms with E-state index in [0.717, 1.165) is 44.9 Å². The van der Waals surface area contributed by atoms with Gasteiger partial charge in [0, 0.05) is 11.9 Å². The number of aliphatic hydroxyl groups excluding tert-OH is 1. The molecule has 6 heteroatoms. The average Bonchev–Trinajstić information content (AvgIpc) is 2.59. The first-order valence-electron chi connectivity index (χ1n) is 11.1. The van der Waals surface area contributed by atoms with Crippen molar-refractivity contribution < 1.29 is 69.5 Å². The van der Waals surface area contributed by atoms with Crippen LogP contribution in [0.3, 0.4) is 0 Å². The van der Waals surface area contributed by atoms with Gasteiger partial charge >= 0.3 is 51.4 Å². The third-order valence-electron chi connectivity index (χ3n) is 5.22. The Hall–Kier alpha value is 1.51. The van der Waals surface area contributed by atoms with Crippen molar-refractivity contribution in [3.63, 3.8) is 0 Å². The molecule has 1 atom stereocenters. The molecule has 0 aromatic rings. The van der Waals surface area contributed by atoms with Crippen molar-refractivity contribution in [2.24, 2.45) is 0 Å². The topological polar surface area (TPSA) is 77.4 Å². The molecule has 0 heterocycles. The number of hydrogen-bond donors (Lipinski definition) is 1. The Balaban J connectivity index is 0. The fourth-order valence-electron chi connectivity index (χ4n) is 3.47. The molecule has 0 aliphatic rings. The summed E-state index contributed by atoms with van der Waals surface area (Å²) < 4.78 is 33.8. The summed E-state index contributed by atoms with van der Waals surface area (Å²) in [5.41, 5.74) is 0. The van der Waals surface area contributed by atoms with Crippen molar-refractivity contribution in [2.75, 3.05) is 6.61 Å². The van der Waals surface area contributed by atoms with Gasteiger partial charge in [-0.05, 0) is 19.3 Å². The maximum Gasteiger partial charge on any atom is 1.00 e. The third-order valence-corrected chi connectivity index (χ3v) is 6.51. The van der Waals surface area contributed by atoms with E-state index in [-0.39, 0.29) is 51.4 Å². The predicted octanol–water partition coefficient (Wildman–Crippen LogP) is 2.94. The van der Waals surface area contributed by atoms with Crippen LogP contribution in [0.25, 0.3) is 0 Å². The van der Waals surface area contributed by atoms with E-state index in [0.29, 0.717) is 19.4 Å². The Morgan fingerprint density at radius 2 is 1.00 bits per heavy atom. The quantitative estimate of drug-likeness (QED) is 0.183. The fraction of sp³-hybridized carbons (Fsp3) is 1.00. The molecule has 4 nitrogen and oxygen atoms in total. The summed E-state index contributed by atoms with van der Waals surface area (Å²) in [5, 5.41) is 8.05. The Bertz CT molecular complexity index is 388. The van der Waals surface area contributed by atoms with Gasteiger partial charge in [0.1, 0.15) is 0 Å². The van der Waals surface area contributed by atoms with Crippen LogP contribution in [-0.2, 0) is 10.1 Å². The molecule has 158 valence electrons. The summed E-state index contributed by atoms with van der Waals surface area (Å²) in [5.74, 6) is 0. The normalized spacial score (nSPS) is 12.7. The molecule has 0 aliphatic heterocycles. The van der Waals surface area contributed by atoms with E-state index in [2.05, 4.69) is 0 Å². The molecule has 0 aliphatic carbocycles. The molecule has 0 spiro atoms. The standard InChI is InChI=1S/C21H44O4S.K/c1-2-3-18-21(26(23,24)25)19-16-14-12-10-8-6-4-5-7-9-11-13-15-17-20-22;/h21-22H,2-20H2,1H3,(H,23,24,25);/q;+1/p-1. The van der Waals surface area contributed by atoms with Gasteiger partial charge in [0.2, 0.25) is 0 Å². The number of hydrogen-bond acceptors (Lipinski definition) is 4. The Morgan fingerprint density at radius 1 is 0.667 bits per heavy atom. The van der Waals surface area contributed by atoms with Crippen LogP contribution in [0.15, 0.2) is 0 Å². The van der Waals surface area contributed by atoms with Crippen LogP contribution in [0, 0.1) is 0 Å². The first-order chi connectivity index (χ1) is 12.5. The van der Waals surface area contributed by atoms with Crippen LogP contribution in [0.4, 0.5) is 0 Å². The van der Waals surface area contributed by atoms with Crippen LogP contribution in [0.1, 0.15) is 122 Å². The van der Waals surface area contributed by atoms with Gasteiger partial charge < -0.3 is 9.66 Å². The van der Waals surface area contributed by atoms with E-state index in [1.807, 2.05) is 6.92 Å². The summed E-state index contributed by atoms with van der Waals surface area (Å²) in [6, 6.07) is 0. The zero-order chi connectivity index (χ0) is 19.5. The maximum absolute atomic E-state index is 11.3. The number of unbranched alkanes of at least 4 members (excludes halogenated alkanes) is 14. The predicted molar refractivity (Wildman–Crippen MR) is 109 cm³/mol. The first-order valence-corrected chi connectivity index (χ1v) is 12.5. The molecule has 0 bridgehead atoms. The Labute approximate surface area is 211 Å². The second-order valence-corrected chi connectivity index (χ2v) is 9.37. The van der Waals surface area contributed by atoms with Crippen LogP contribution in [0.5, 0.6) is 0 Å². The van der Waals surface area contributed by atoms with E-state index < -0.39 is 15.4 Å².